The Hall–Kier alpha value is -0.520. The summed E-state index contributed by atoms with van der Waals surface area (Å²) in [4.78, 5) is 0. The molecule has 0 aromatic rings. The van der Waals surface area contributed by atoms with E-state index in [1.165, 1.54) is 0 Å². The van der Waals surface area contributed by atoms with E-state index in [1.807, 2.05) is 24.3 Å². The van der Waals surface area contributed by atoms with Crippen molar-refractivity contribution in [2.24, 2.45) is 0 Å². The molecule has 20 valence electrons. The zero-order valence-electron chi connectivity index (χ0n) is 2.31. The van der Waals surface area contributed by atoms with Crippen molar-refractivity contribution in [3.8, 4) is 0 Å². The van der Waals surface area contributed by atoms with Crippen LogP contribution in [0.1, 0.15) is 0 Å². The summed E-state index contributed by atoms with van der Waals surface area (Å²) in [5.74, 6) is 0. The first-order chi connectivity index (χ1) is 2.00. The lowest BCUT2D eigenvalue weighted by atomic mass is 10.5. The van der Waals surface area contributed by atoms with Gasteiger partial charge >= 0.3 is 0 Å². The highest BCUT2D eigenvalue weighted by atomic mass is 14.1. The third-order valence-electron chi connectivity index (χ3n) is 0.444. The first-order valence-corrected chi connectivity index (χ1v) is 1.33. The van der Waals surface area contributed by atoms with Gasteiger partial charge in [-0.15, -0.1) is 0 Å². The lowest BCUT2D eigenvalue weighted by molar-refractivity contribution is 1.81. The van der Waals surface area contributed by atoms with E-state index in [-0.39, 0.29) is 0 Å². The minimum atomic E-state index is 2.00. The number of hydrogen-bond acceptors (Lipinski definition) is 0. The molecule has 0 nitrogen and oxygen atoms in total. The van der Waals surface area contributed by atoms with Crippen LogP contribution in [0, 0.1) is 0 Å². The van der Waals surface area contributed by atoms with Crippen LogP contribution in [0.2, 0.25) is 0 Å². The van der Waals surface area contributed by atoms with E-state index < -0.39 is 0 Å². The maximum absolute atomic E-state index is 2.00. The highest BCUT2D eigenvalue weighted by Crippen LogP contribution is 1.86. The SMILES string of the molecule is C1=C[13CH]=C1. The van der Waals surface area contributed by atoms with Crippen molar-refractivity contribution >= 4 is 0 Å². The highest BCUT2D eigenvalue weighted by Gasteiger charge is 1.65. The van der Waals surface area contributed by atoms with Gasteiger partial charge in [-0.05, 0) is 0 Å². The third-order valence-corrected chi connectivity index (χ3v) is 0.444. The summed E-state index contributed by atoms with van der Waals surface area (Å²) >= 11 is 0. The molecule has 1 aliphatic carbocycles. The molecule has 0 atom stereocenters. The van der Waals surface area contributed by atoms with Crippen molar-refractivity contribution in [1.82, 2.24) is 0 Å². The lowest BCUT2D eigenvalue weighted by Gasteiger charge is -1.77. The zero-order valence-corrected chi connectivity index (χ0v) is 2.31. The molecule has 1 aliphatic rings. The highest BCUT2D eigenvalue weighted by molar-refractivity contribution is 5.22. The zero-order chi connectivity index (χ0) is 2.83. The second-order valence-corrected chi connectivity index (χ2v) is 0.770. The van der Waals surface area contributed by atoms with Gasteiger partial charge in [-0.2, -0.15) is 0 Å². The molecule has 0 heteroatoms. The van der Waals surface area contributed by atoms with Crippen molar-refractivity contribution in [1.29, 1.82) is 0 Å². The van der Waals surface area contributed by atoms with Crippen LogP contribution in [0.4, 0.5) is 0 Å². The molecule has 0 unspecified atom stereocenters. The van der Waals surface area contributed by atoms with Crippen molar-refractivity contribution in [2.45, 2.75) is 0 Å². The van der Waals surface area contributed by atoms with Crippen molar-refractivity contribution < 1.29 is 0 Å². The summed E-state index contributed by atoms with van der Waals surface area (Å²) in [6.07, 6.45) is 8.00. The second-order valence-electron chi connectivity index (χ2n) is 0.770. The second kappa shape index (κ2) is 0.449. The normalized spacial score (nSPS) is 16.0. The van der Waals surface area contributed by atoms with E-state index in [4.69, 9.17) is 0 Å². The van der Waals surface area contributed by atoms with Gasteiger partial charge in [0.25, 0.3) is 0 Å². The molecule has 4 heavy (non-hydrogen) atoms. The summed E-state index contributed by atoms with van der Waals surface area (Å²) in [6.45, 7) is 0. The van der Waals surface area contributed by atoms with E-state index in [2.05, 4.69) is 0 Å². The Kier molecular flexibility index (Phi) is 0.198. The van der Waals surface area contributed by atoms with Gasteiger partial charge < -0.3 is 0 Å². The summed E-state index contributed by atoms with van der Waals surface area (Å²) in [5, 5.41) is 0. The average Bonchev–Trinajstić information content (AvgIpc) is 0.722. The smallest absolute Gasteiger partial charge is 0.0623 e. The van der Waals surface area contributed by atoms with Crippen LogP contribution >= 0.6 is 0 Å². The Labute approximate surface area is 25.4 Å². The topological polar surface area (TPSA) is 0 Å². The maximum Gasteiger partial charge on any atom is -0.0623 e. The molecule has 0 heterocycles. The molecule has 0 spiro atoms. The van der Waals surface area contributed by atoms with Crippen LogP contribution in [0.25, 0.3) is 0 Å². The maximum atomic E-state index is 2.00. The molecule has 0 aliphatic heterocycles. The van der Waals surface area contributed by atoms with Gasteiger partial charge in [-0.1, -0.05) is 24.3 Å². The monoisotopic (exact) mass is 53.0 g/mol. The third kappa shape index (κ3) is 0.0282. The fourth-order valence-corrected chi connectivity index (χ4v) is 0.111. The predicted molar refractivity (Wildman–Crippen MR) is 18.3 cm³/mol. The molecular formula is C4H4. The molecule has 0 saturated heterocycles. The van der Waals surface area contributed by atoms with Crippen molar-refractivity contribution in [2.75, 3.05) is 0 Å². The molecule has 0 aromatic heterocycles. The Morgan fingerprint density at radius 3 is 0.750 bits per heavy atom. The van der Waals surface area contributed by atoms with Gasteiger partial charge in [0.15, 0.2) is 0 Å². The van der Waals surface area contributed by atoms with Crippen LogP contribution in [0.5, 0.6) is 0 Å². The Bertz CT molecular complexity index is 40.4. The molecule has 1 rings (SSSR count). The van der Waals surface area contributed by atoms with Gasteiger partial charge in [-0.3, -0.25) is 0 Å². The number of allylic oxidation sites excluding steroid dienone is 4. The van der Waals surface area contributed by atoms with Crippen LogP contribution in [0.15, 0.2) is 24.3 Å². The van der Waals surface area contributed by atoms with Gasteiger partial charge in [0, 0.05) is 0 Å². The van der Waals surface area contributed by atoms with Crippen molar-refractivity contribution in [3.05, 3.63) is 24.3 Å². The Balaban J connectivity index is 2.67. The molecule has 0 amide bonds. The number of rotatable bonds is 0. The summed E-state index contributed by atoms with van der Waals surface area (Å²) in [6, 6.07) is 0. The lowest BCUT2D eigenvalue weighted by Crippen LogP contribution is -1.55. The molecule has 0 radical (unpaired) electrons. The van der Waals surface area contributed by atoms with E-state index >= 15 is 0 Å². The van der Waals surface area contributed by atoms with Gasteiger partial charge in [0.05, 0.1) is 0 Å². The largest absolute Gasteiger partial charge is 0.0623 e. The Morgan fingerprint density at radius 1 is 0.500 bits per heavy atom. The van der Waals surface area contributed by atoms with Crippen LogP contribution in [-0.2, 0) is 0 Å². The minimum absolute atomic E-state index is 2.00. The fourth-order valence-electron chi connectivity index (χ4n) is 0.111. The quantitative estimate of drug-likeness (QED) is 0.363. The molecule has 0 N–H and O–H groups in total. The van der Waals surface area contributed by atoms with E-state index in [9.17, 15) is 0 Å². The van der Waals surface area contributed by atoms with E-state index in [1.54, 1.807) is 0 Å². The van der Waals surface area contributed by atoms with Gasteiger partial charge in [0.1, 0.15) is 0 Å². The molecular weight excluding hydrogens is 49.0 g/mol. The van der Waals surface area contributed by atoms with Gasteiger partial charge in [0.2, 0.25) is 0 Å². The van der Waals surface area contributed by atoms with Crippen molar-refractivity contribution in [3.63, 3.8) is 0 Å². The standard InChI is InChI=1S/C4H4/c1-2-4-3-1/h1-4H/i1+1. The van der Waals surface area contributed by atoms with Crippen LogP contribution < -0.4 is 0 Å². The molecule has 0 saturated carbocycles. The molecule has 0 aromatic carbocycles. The first-order valence-electron chi connectivity index (χ1n) is 1.33. The van der Waals surface area contributed by atoms with E-state index in [0.717, 1.165) is 0 Å². The van der Waals surface area contributed by atoms with Crippen LogP contribution in [-0.4, -0.2) is 0 Å². The van der Waals surface area contributed by atoms with E-state index in [0.29, 0.717) is 0 Å². The average molecular weight is 53.1 g/mol. The van der Waals surface area contributed by atoms with Gasteiger partial charge in [-0.25, -0.2) is 0 Å². The fraction of sp³-hybridized carbons (Fsp3) is 0. The summed E-state index contributed by atoms with van der Waals surface area (Å²) < 4.78 is 0. The Morgan fingerprint density at radius 2 is 0.750 bits per heavy atom. The minimum Gasteiger partial charge on any atom is -0.0623 e. The number of hydrogen-bond donors (Lipinski definition) is 0. The summed E-state index contributed by atoms with van der Waals surface area (Å²) in [7, 11) is 0. The predicted octanol–water partition coefficient (Wildman–Crippen LogP) is 1.11. The molecule has 0 bridgehead atoms. The van der Waals surface area contributed by atoms with Crippen LogP contribution in [0.3, 0.4) is 0 Å². The summed E-state index contributed by atoms with van der Waals surface area (Å²) in [5.41, 5.74) is 0. The first kappa shape index (κ1) is 1.77. The molecule has 0 fully saturated rings.